The van der Waals surface area contributed by atoms with Crippen LogP contribution >= 0.6 is 0 Å². The Kier molecular flexibility index (Phi) is 2.78. The summed E-state index contributed by atoms with van der Waals surface area (Å²) < 4.78 is 36.8. The molecule has 0 aromatic carbocycles. The molecule has 0 spiro atoms. The average molecular weight is 230 g/mol. The molecule has 1 atom stereocenters. The number of halogens is 3. The van der Waals surface area contributed by atoms with Crippen LogP contribution in [0.3, 0.4) is 0 Å². The smallest absolute Gasteiger partial charge is 0.367 e. The molecule has 88 valence electrons. The maximum atomic E-state index is 12.3. The summed E-state index contributed by atoms with van der Waals surface area (Å²) in [5.74, 6) is 1.15. The van der Waals surface area contributed by atoms with E-state index < -0.39 is 11.7 Å². The van der Waals surface area contributed by atoms with Gasteiger partial charge in [-0.3, -0.25) is 0 Å². The van der Waals surface area contributed by atoms with E-state index in [2.05, 4.69) is 10.3 Å². The van der Waals surface area contributed by atoms with E-state index in [4.69, 9.17) is 0 Å². The second-order valence-electron chi connectivity index (χ2n) is 4.20. The molecule has 16 heavy (non-hydrogen) atoms. The number of nitrogens with zero attached hydrogens (tertiary/aromatic N) is 1. The van der Waals surface area contributed by atoms with Gasteiger partial charge in [0.05, 0.1) is 5.56 Å². The lowest BCUT2D eigenvalue weighted by atomic mass is 10.2. The predicted octanol–water partition coefficient (Wildman–Crippen LogP) is 3.31. The lowest BCUT2D eigenvalue weighted by Crippen LogP contribution is -2.18. The van der Waals surface area contributed by atoms with Crippen molar-refractivity contribution in [3.63, 3.8) is 0 Å². The lowest BCUT2D eigenvalue weighted by molar-refractivity contribution is -0.137. The molecule has 5 heteroatoms. The van der Waals surface area contributed by atoms with Crippen molar-refractivity contribution in [2.24, 2.45) is 5.92 Å². The van der Waals surface area contributed by atoms with Gasteiger partial charge in [-0.2, -0.15) is 13.2 Å². The van der Waals surface area contributed by atoms with E-state index in [1.54, 1.807) is 0 Å². The van der Waals surface area contributed by atoms with Crippen LogP contribution in [0.15, 0.2) is 18.3 Å². The molecule has 0 aliphatic heterocycles. The first kappa shape index (κ1) is 11.2. The molecular formula is C11H13F3N2. The van der Waals surface area contributed by atoms with Crippen LogP contribution in [-0.4, -0.2) is 11.0 Å². The van der Waals surface area contributed by atoms with Gasteiger partial charge in [0.15, 0.2) is 0 Å². The first-order chi connectivity index (χ1) is 7.47. The van der Waals surface area contributed by atoms with Gasteiger partial charge in [-0.15, -0.1) is 0 Å². The molecule has 1 fully saturated rings. The highest BCUT2D eigenvalue weighted by molar-refractivity contribution is 5.37. The SMILES string of the molecule is CC(Nc1ccc(C(F)(F)F)cn1)C1CC1. The van der Waals surface area contributed by atoms with E-state index in [0.29, 0.717) is 11.7 Å². The Morgan fingerprint density at radius 1 is 1.38 bits per heavy atom. The van der Waals surface area contributed by atoms with E-state index in [1.165, 1.54) is 18.9 Å². The van der Waals surface area contributed by atoms with Crippen molar-refractivity contribution in [3.05, 3.63) is 23.9 Å². The molecule has 1 aliphatic carbocycles. The number of rotatable bonds is 3. The number of hydrogen-bond donors (Lipinski definition) is 1. The highest BCUT2D eigenvalue weighted by atomic mass is 19.4. The summed E-state index contributed by atoms with van der Waals surface area (Å²) in [6, 6.07) is 2.71. The van der Waals surface area contributed by atoms with Crippen molar-refractivity contribution in [1.29, 1.82) is 0 Å². The topological polar surface area (TPSA) is 24.9 Å². The van der Waals surface area contributed by atoms with Gasteiger partial charge in [-0.05, 0) is 37.8 Å². The summed E-state index contributed by atoms with van der Waals surface area (Å²) in [6.07, 6.45) is -1.07. The molecule has 0 saturated heterocycles. The molecular weight excluding hydrogens is 217 g/mol. The summed E-state index contributed by atoms with van der Waals surface area (Å²) >= 11 is 0. The number of nitrogens with one attached hydrogen (secondary N) is 1. The van der Waals surface area contributed by atoms with Crippen LogP contribution in [0.5, 0.6) is 0 Å². The third-order valence-corrected chi connectivity index (χ3v) is 2.80. The number of hydrogen-bond acceptors (Lipinski definition) is 2. The zero-order valence-electron chi connectivity index (χ0n) is 8.88. The van der Waals surface area contributed by atoms with Crippen molar-refractivity contribution in [2.75, 3.05) is 5.32 Å². The molecule has 0 radical (unpaired) electrons. The van der Waals surface area contributed by atoms with Crippen LogP contribution < -0.4 is 5.32 Å². The quantitative estimate of drug-likeness (QED) is 0.861. The Morgan fingerprint density at radius 2 is 2.06 bits per heavy atom. The Labute approximate surface area is 91.9 Å². The lowest BCUT2D eigenvalue weighted by Gasteiger charge is -2.14. The molecule has 1 heterocycles. The minimum atomic E-state index is -4.31. The highest BCUT2D eigenvalue weighted by Crippen LogP contribution is 2.34. The van der Waals surface area contributed by atoms with Gasteiger partial charge in [0.25, 0.3) is 0 Å². The van der Waals surface area contributed by atoms with Crippen molar-refractivity contribution >= 4 is 5.82 Å². The van der Waals surface area contributed by atoms with Crippen LogP contribution in [-0.2, 0) is 6.18 Å². The normalized spacial score (nSPS) is 18.2. The maximum absolute atomic E-state index is 12.3. The van der Waals surface area contributed by atoms with Gasteiger partial charge in [0, 0.05) is 12.2 Å². The molecule has 2 rings (SSSR count). The molecule has 1 saturated carbocycles. The fourth-order valence-corrected chi connectivity index (χ4v) is 1.59. The van der Waals surface area contributed by atoms with Crippen molar-refractivity contribution in [2.45, 2.75) is 32.0 Å². The number of aromatic nitrogens is 1. The summed E-state index contributed by atoms with van der Waals surface area (Å²) in [4.78, 5) is 3.76. The number of anilines is 1. The molecule has 1 aromatic heterocycles. The van der Waals surface area contributed by atoms with Crippen molar-refractivity contribution in [1.82, 2.24) is 4.98 Å². The molecule has 0 bridgehead atoms. The second kappa shape index (κ2) is 3.96. The maximum Gasteiger partial charge on any atom is 0.417 e. The third kappa shape index (κ3) is 2.65. The van der Waals surface area contributed by atoms with E-state index >= 15 is 0 Å². The van der Waals surface area contributed by atoms with Gasteiger partial charge in [0.2, 0.25) is 0 Å². The van der Waals surface area contributed by atoms with Crippen LogP contribution in [0.25, 0.3) is 0 Å². The molecule has 1 aromatic rings. The van der Waals surface area contributed by atoms with E-state index in [9.17, 15) is 13.2 Å². The van der Waals surface area contributed by atoms with E-state index in [-0.39, 0.29) is 6.04 Å². The zero-order chi connectivity index (χ0) is 11.8. The number of alkyl halides is 3. The van der Waals surface area contributed by atoms with Crippen LogP contribution in [0.4, 0.5) is 19.0 Å². The highest BCUT2D eigenvalue weighted by Gasteiger charge is 2.31. The molecule has 2 nitrogen and oxygen atoms in total. The van der Waals surface area contributed by atoms with Gasteiger partial charge in [-0.1, -0.05) is 0 Å². The number of pyridine rings is 1. The van der Waals surface area contributed by atoms with Gasteiger partial charge in [0.1, 0.15) is 5.82 Å². The molecule has 1 unspecified atom stereocenters. The van der Waals surface area contributed by atoms with Crippen molar-refractivity contribution < 1.29 is 13.2 Å². The largest absolute Gasteiger partial charge is 0.417 e. The van der Waals surface area contributed by atoms with Gasteiger partial charge < -0.3 is 5.32 Å². The average Bonchev–Trinajstić information content (AvgIpc) is 3.00. The van der Waals surface area contributed by atoms with Crippen LogP contribution in [0.1, 0.15) is 25.3 Å². The predicted molar refractivity (Wildman–Crippen MR) is 55.0 cm³/mol. The molecule has 1 N–H and O–H groups in total. The minimum absolute atomic E-state index is 0.282. The molecule has 1 aliphatic rings. The van der Waals surface area contributed by atoms with E-state index in [0.717, 1.165) is 12.3 Å². The minimum Gasteiger partial charge on any atom is -0.367 e. The standard InChI is InChI=1S/C11H13F3N2/c1-7(8-2-3-8)16-10-5-4-9(6-15-10)11(12,13)14/h4-8H,2-3H2,1H3,(H,15,16). The Bertz CT molecular complexity index is 354. The fourth-order valence-electron chi connectivity index (χ4n) is 1.59. The van der Waals surface area contributed by atoms with Crippen molar-refractivity contribution in [3.8, 4) is 0 Å². The second-order valence-corrected chi connectivity index (χ2v) is 4.20. The van der Waals surface area contributed by atoms with Gasteiger partial charge >= 0.3 is 6.18 Å². The monoisotopic (exact) mass is 230 g/mol. The first-order valence-electron chi connectivity index (χ1n) is 5.26. The Hall–Kier alpha value is -1.26. The third-order valence-electron chi connectivity index (χ3n) is 2.80. The zero-order valence-corrected chi connectivity index (χ0v) is 8.88. The van der Waals surface area contributed by atoms with Crippen LogP contribution in [0.2, 0.25) is 0 Å². The Morgan fingerprint density at radius 3 is 2.50 bits per heavy atom. The first-order valence-corrected chi connectivity index (χ1v) is 5.26. The summed E-state index contributed by atoms with van der Waals surface area (Å²) in [5, 5.41) is 3.10. The molecule has 0 amide bonds. The van der Waals surface area contributed by atoms with Crippen LogP contribution in [0, 0.1) is 5.92 Å². The summed E-state index contributed by atoms with van der Waals surface area (Å²) in [5.41, 5.74) is -0.711. The summed E-state index contributed by atoms with van der Waals surface area (Å²) in [7, 11) is 0. The fraction of sp³-hybridized carbons (Fsp3) is 0.545. The summed E-state index contributed by atoms with van der Waals surface area (Å²) in [6.45, 7) is 2.02. The van der Waals surface area contributed by atoms with Gasteiger partial charge in [-0.25, -0.2) is 4.98 Å². The Balaban J connectivity index is 2.01. The van der Waals surface area contributed by atoms with E-state index in [1.807, 2.05) is 6.92 Å².